The molecule has 0 aromatic rings. The Balaban J connectivity index is 1.79. The Kier molecular flexibility index (Phi) is 5.00. The predicted molar refractivity (Wildman–Crippen MR) is 73.3 cm³/mol. The molecule has 1 heterocycles. The highest BCUT2D eigenvalue weighted by Crippen LogP contribution is 2.20. The van der Waals surface area contributed by atoms with Gasteiger partial charge in [-0.25, -0.2) is 9.59 Å². The number of β-amino-alcohol motifs (C(OH)–C–C–N with tert-alkyl or cyclic N) is 1. The average molecular weight is 282 g/mol. The number of hydrogen-bond donors (Lipinski definition) is 3. The van der Waals surface area contributed by atoms with Gasteiger partial charge >= 0.3 is 12.0 Å². The number of carbonyl (C=O) groups is 2. The van der Waals surface area contributed by atoms with Crippen LogP contribution in [0.15, 0.2) is 11.6 Å². The van der Waals surface area contributed by atoms with Crippen molar-refractivity contribution < 1.29 is 19.8 Å². The third-order valence-electron chi connectivity index (χ3n) is 3.93. The summed E-state index contributed by atoms with van der Waals surface area (Å²) in [7, 11) is 0. The largest absolute Gasteiger partial charge is 0.480 e. The molecule has 2 atom stereocenters. The molecule has 0 bridgehead atoms. The van der Waals surface area contributed by atoms with Crippen LogP contribution in [0.4, 0.5) is 4.79 Å². The number of carboxylic acid groups (broad SMARTS) is 1. The van der Waals surface area contributed by atoms with Crippen molar-refractivity contribution >= 4 is 12.0 Å². The summed E-state index contributed by atoms with van der Waals surface area (Å²) in [6.07, 6.45) is 7.06. The van der Waals surface area contributed by atoms with Crippen LogP contribution in [0.5, 0.6) is 0 Å². The molecule has 0 aromatic carbocycles. The SMILES string of the molecule is O=C(O)[C@H]1C[C@@H](O)CN1C(=O)NCCC1=CCCCC1. The van der Waals surface area contributed by atoms with Gasteiger partial charge < -0.3 is 20.4 Å². The van der Waals surface area contributed by atoms with Crippen LogP contribution in [0.25, 0.3) is 0 Å². The Hall–Kier alpha value is -1.56. The fourth-order valence-corrected chi connectivity index (χ4v) is 2.84. The van der Waals surface area contributed by atoms with Crippen LogP contribution in [-0.4, -0.2) is 52.3 Å². The van der Waals surface area contributed by atoms with Crippen LogP contribution >= 0.6 is 0 Å². The highest BCUT2D eigenvalue weighted by atomic mass is 16.4. The molecule has 20 heavy (non-hydrogen) atoms. The van der Waals surface area contributed by atoms with Crippen LogP contribution in [0.3, 0.4) is 0 Å². The molecule has 1 saturated heterocycles. The predicted octanol–water partition coefficient (Wildman–Crippen LogP) is 1.11. The minimum atomic E-state index is -1.06. The summed E-state index contributed by atoms with van der Waals surface area (Å²) in [4.78, 5) is 24.2. The lowest BCUT2D eigenvalue weighted by molar-refractivity contribution is -0.141. The van der Waals surface area contributed by atoms with E-state index in [0.29, 0.717) is 6.54 Å². The molecule has 1 fully saturated rings. The van der Waals surface area contributed by atoms with Crippen molar-refractivity contribution in [2.45, 2.75) is 50.7 Å². The minimum Gasteiger partial charge on any atom is -0.480 e. The second-order valence-electron chi connectivity index (χ2n) is 5.49. The lowest BCUT2D eigenvalue weighted by Gasteiger charge is -2.22. The molecule has 6 nitrogen and oxygen atoms in total. The third-order valence-corrected chi connectivity index (χ3v) is 3.93. The van der Waals surface area contributed by atoms with Gasteiger partial charge in [-0.05, 0) is 32.1 Å². The highest BCUT2D eigenvalue weighted by molar-refractivity contribution is 5.83. The van der Waals surface area contributed by atoms with Gasteiger partial charge in [0.25, 0.3) is 0 Å². The number of nitrogens with one attached hydrogen (secondary N) is 1. The van der Waals surface area contributed by atoms with Crippen molar-refractivity contribution in [2.75, 3.05) is 13.1 Å². The zero-order chi connectivity index (χ0) is 14.5. The molecule has 1 aliphatic carbocycles. The number of carboxylic acids is 1. The maximum Gasteiger partial charge on any atom is 0.326 e. The van der Waals surface area contributed by atoms with E-state index in [9.17, 15) is 14.7 Å². The van der Waals surface area contributed by atoms with Gasteiger partial charge in [0.05, 0.1) is 6.10 Å². The number of likely N-dealkylation sites (tertiary alicyclic amines) is 1. The van der Waals surface area contributed by atoms with Crippen molar-refractivity contribution in [2.24, 2.45) is 0 Å². The fourth-order valence-electron chi connectivity index (χ4n) is 2.84. The van der Waals surface area contributed by atoms with Gasteiger partial charge in [-0.2, -0.15) is 0 Å². The second kappa shape index (κ2) is 6.74. The van der Waals surface area contributed by atoms with Gasteiger partial charge in [-0.15, -0.1) is 0 Å². The lowest BCUT2D eigenvalue weighted by atomic mass is 9.97. The molecule has 6 heteroatoms. The summed E-state index contributed by atoms with van der Waals surface area (Å²) < 4.78 is 0. The van der Waals surface area contributed by atoms with E-state index in [1.807, 2.05) is 0 Å². The van der Waals surface area contributed by atoms with Gasteiger partial charge in [0, 0.05) is 19.5 Å². The summed E-state index contributed by atoms with van der Waals surface area (Å²) in [5.41, 5.74) is 1.37. The van der Waals surface area contributed by atoms with Gasteiger partial charge in [-0.3, -0.25) is 0 Å². The first-order chi connectivity index (χ1) is 9.58. The molecule has 2 aliphatic rings. The molecule has 0 radical (unpaired) electrons. The molecule has 2 amide bonds. The number of carbonyl (C=O) groups excluding carboxylic acids is 1. The van der Waals surface area contributed by atoms with E-state index in [-0.39, 0.29) is 13.0 Å². The number of nitrogens with zero attached hydrogens (tertiary/aromatic N) is 1. The lowest BCUT2D eigenvalue weighted by Crippen LogP contribution is -2.46. The maximum atomic E-state index is 12.0. The summed E-state index contributed by atoms with van der Waals surface area (Å²) in [5, 5.41) is 21.3. The number of urea groups is 1. The van der Waals surface area contributed by atoms with Crippen LogP contribution < -0.4 is 5.32 Å². The van der Waals surface area contributed by atoms with E-state index in [2.05, 4.69) is 11.4 Å². The summed E-state index contributed by atoms with van der Waals surface area (Å²) in [6.45, 7) is 0.606. The average Bonchev–Trinajstić information content (AvgIpc) is 2.82. The van der Waals surface area contributed by atoms with Crippen molar-refractivity contribution in [3.63, 3.8) is 0 Å². The first kappa shape index (κ1) is 14.8. The molecule has 3 N–H and O–H groups in total. The molecular weight excluding hydrogens is 260 g/mol. The van der Waals surface area contributed by atoms with Crippen molar-refractivity contribution in [1.29, 1.82) is 0 Å². The number of aliphatic hydroxyl groups excluding tert-OH is 1. The Morgan fingerprint density at radius 1 is 1.40 bits per heavy atom. The first-order valence-corrected chi connectivity index (χ1v) is 7.21. The van der Waals surface area contributed by atoms with Crippen LogP contribution in [0.2, 0.25) is 0 Å². The maximum absolute atomic E-state index is 12.0. The smallest absolute Gasteiger partial charge is 0.326 e. The summed E-state index contributed by atoms with van der Waals surface area (Å²) in [5.74, 6) is -1.06. The Labute approximate surface area is 118 Å². The topological polar surface area (TPSA) is 89.9 Å². The van der Waals surface area contributed by atoms with Crippen molar-refractivity contribution in [1.82, 2.24) is 10.2 Å². The molecule has 0 saturated carbocycles. The van der Waals surface area contributed by atoms with Crippen molar-refractivity contribution in [3.8, 4) is 0 Å². The zero-order valence-corrected chi connectivity index (χ0v) is 11.5. The number of hydrogen-bond acceptors (Lipinski definition) is 3. The monoisotopic (exact) mass is 282 g/mol. The van der Waals surface area contributed by atoms with E-state index in [1.165, 1.54) is 23.3 Å². The van der Waals surface area contributed by atoms with Gasteiger partial charge in [0.2, 0.25) is 0 Å². The van der Waals surface area contributed by atoms with Crippen molar-refractivity contribution in [3.05, 3.63) is 11.6 Å². The number of amides is 2. The Bertz CT molecular complexity index is 408. The number of rotatable bonds is 4. The van der Waals surface area contributed by atoms with Crippen LogP contribution in [-0.2, 0) is 4.79 Å². The molecule has 2 rings (SSSR count). The van der Waals surface area contributed by atoms with E-state index in [4.69, 9.17) is 5.11 Å². The number of aliphatic hydroxyl groups is 1. The Morgan fingerprint density at radius 3 is 2.85 bits per heavy atom. The summed E-state index contributed by atoms with van der Waals surface area (Å²) >= 11 is 0. The summed E-state index contributed by atoms with van der Waals surface area (Å²) in [6, 6.07) is -1.32. The van der Waals surface area contributed by atoms with E-state index in [1.54, 1.807) is 0 Å². The zero-order valence-electron chi connectivity index (χ0n) is 11.5. The standard InChI is InChI=1S/C14H22N2O4/c17-11-8-12(13(18)19)16(9-11)14(20)15-7-6-10-4-2-1-3-5-10/h4,11-12,17H,1-3,5-9H2,(H,15,20)(H,18,19)/t11-,12-/m1/s1. The van der Waals surface area contributed by atoms with Gasteiger partial charge in [0.15, 0.2) is 0 Å². The first-order valence-electron chi connectivity index (χ1n) is 7.21. The van der Waals surface area contributed by atoms with Crippen LogP contribution in [0, 0.1) is 0 Å². The second-order valence-corrected chi connectivity index (χ2v) is 5.49. The molecule has 1 aliphatic heterocycles. The van der Waals surface area contributed by atoms with E-state index < -0.39 is 24.1 Å². The number of aliphatic carboxylic acids is 1. The molecule has 0 unspecified atom stereocenters. The van der Waals surface area contributed by atoms with Crippen LogP contribution in [0.1, 0.15) is 38.5 Å². The highest BCUT2D eigenvalue weighted by Gasteiger charge is 2.38. The molecule has 112 valence electrons. The number of allylic oxidation sites excluding steroid dienone is 1. The van der Waals surface area contributed by atoms with Gasteiger partial charge in [-0.1, -0.05) is 11.6 Å². The van der Waals surface area contributed by atoms with E-state index >= 15 is 0 Å². The fraction of sp³-hybridized carbons (Fsp3) is 0.714. The third kappa shape index (κ3) is 3.72. The van der Waals surface area contributed by atoms with E-state index in [0.717, 1.165) is 19.3 Å². The quantitative estimate of drug-likeness (QED) is 0.674. The molecule has 0 aromatic heterocycles. The van der Waals surface area contributed by atoms with Gasteiger partial charge in [0.1, 0.15) is 6.04 Å². The normalized spacial score (nSPS) is 26.2. The Morgan fingerprint density at radius 2 is 2.20 bits per heavy atom. The molecule has 0 spiro atoms. The molecular formula is C14H22N2O4. The minimum absolute atomic E-state index is 0.0888.